The molecular weight excluding hydrogens is 262 g/mol. The summed E-state index contributed by atoms with van der Waals surface area (Å²) in [6, 6.07) is 0.337. The molecule has 2 amide bonds. The number of amides is 2. The normalized spacial score (nSPS) is 10.8. The highest BCUT2D eigenvalue weighted by atomic mass is 32.1. The number of nitrogens with zero attached hydrogens (tertiary/aromatic N) is 2. The zero-order valence-electron chi connectivity index (χ0n) is 11.8. The SMILES string of the molecule is CC(C)N(C(=O)CCNC(=O)c1nccs1)C(C)C. The number of hydrogen-bond acceptors (Lipinski definition) is 4. The molecule has 0 aromatic carbocycles. The predicted octanol–water partition coefficient (Wildman–Crippen LogP) is 1.91. The quantitative estimate of drug-likeness (QED) is 0.867. The van der Waals surface area contributed by atoms with Gasteiger partial charge in [0.05, 0.1) is 0 Å². The van der Waals surface area contributed by atoms with E-state index in [1.165, 1.54) is 11.3 Å². The van der Waals surface area contributed by atoms with Crippen molar-refractivity contribution >= 4 is 23.2 Å². The minimum Gasteiger partial charge on any atom is -0.349 e. The molecule has 0 aliphatic carbocycles. The maximum absolute atomic E-state index is 12.1. The average molecular weight is 283 g/mol. The van der Waals surface area contributed by atoms with E-state index in [4.69, 9.17) is 0 Å². The Kier molecular flexibility index (Phi) is 5.95. The van der Waals surface area contributed by atoms with Gasteiger partial charge in [0.1, 0.15) is 0 Å². The molecule has 0 saturated heterocycles. The number of carbonyl (C=O) groups excluding carboxylic acids is 2. The highest BCUT2D eigenvalue weighted by Crippen LogP contribution is 2.07. The highest BCUT2D eigenvalue weighted by Gasteiger charge is 2.19. The first-order valence-electron chi connectivity index (χ1n) is 6.42. The highest BCUT2D eigenvalue weighted by molar-refractivity contribution is 7.11. The summed E-state index contributed by atoms with van der Waals surface area (Å²) in [5.41, 5.74) is 0. The minimum absolute atomic E-state index is 0.0597. The molecule has 1 heterocycles. The van der Waals surface area contributed by atoms with Crippen molar-refractivity contribution in [3.8, 4) is 0 Å². The van der Waals surface area contributed by atoms with E-state index in [1.807, 2.05) is 32.6 Å². The molecule has 106 valence electrons. The molecule has 1 aromatic heterocycles. The van der Waals surface area contributed by atoms with Gasteiger partial charge in [0.15, 0.2) is 5.01 Å². The van der Waals surface area contributed by atoms with Gasteiger partial charge >= 0.3 is 0 Å². The third-order valence-corrected chi connectivity index (χ3v) is 3.42. The van der Waals surface area contributed by atoms with E-state index < -0.39 is 0 Å². The Morgan fingerprint density at radius 1 is 1.32 bits per heavy atom. The van der Waals surface area contributed by atoms with Gasteiger partial charge in [0.25, 0.3) is 5.91 Å². The molecule has 1 aromatic rings. The van der Waals surface area contributed by atoms with Crippen molar-refractivity contribution in [3.63, 3.8) is 0 Å². The molecule has 5 nitrogen and oxygen atoms in total. The van der Waals surface area contributed by atoms with Crippen LogP contribution in [0.15, 0.2) is 11.6 Å². The summed E-state index contributed by atoms with van der Waals surface area (Å²) in [5.74, 6) is -0.159. The summed E-state index contributed by atoms with van der Waals surface area (Å²) in [6.45, 7) is 8.31. The van der Waals surface area contributed by atoms with Gasteiger partial charge in [0.2, 0.25) is 5.91 Å². The van der Waals surface area contributed by atoms with Crippen molar-refractivity contribution in [2.24, 2.45) is 0 Å². The van der Waals surface area contributed by atoms with E-state index >= 15 is 0 Å². The second-order valence-electron chi connectivity index (χ2n) is 4.83. The third kappa shape index (κ3) is 4.63. The van der Waals surface area contributed by atoms with Crippen LogP contribution >= 0.6 is 11.3 Å². The molecule has 0 spiro atoms. The van der Waals surface area contributed by atoms with Crippen LogP contribution in [0.1, 0.15) is 43.9 Å². The largest absolute Gasteiger partial charge is 0.349 e. The van der Waals surface area contributed by atoms with Crippen LogP contribution in [0.4, 0.5) is 0 Å². The van der Waals surface area contributed by atoms with Crippen molar-refractivity contribution < 1.29 is 9.59 Å². The van der Waals surface area contributed by atoms with E-state index in [9.17, 15) is 9.59 Å². The lowest BCUT2D eigenvalue weighted by Crippen LogP contribution is -2.43. The fraction of sp³-hybridized carbons (Fsp3) is 0.615. The van der Waals surface area contributed by atoms with Gasteiger partial charge in [-0.15, -0.1) is 11.3 Å². The van der Waals surface area contributed by atoms with E-state index in [0.29, 0.717) is 18.0 Å². The smallest absolute Gasteiger partial charge is 0.280 e. The molecule has 0 fully saturated rings. The Bertz CT molecular complexity index is 408. The van der Waals surface area contributed by atoms with Gasteiger partial charge in [-0.05, 0) is 27.7 Å². The van der Waals surface area contributed by atoms with Gasteiger partial charge < -0.3 is 10.2 Å². The van der Waals surface area contributed by atoms with E-state index in [-0.39, 0.29) is 23.9 Å². The molecule has 0 radical (unpaired) electrons. The predicted molar refractivity (Wildman–Crippen MR) is 76.2 cm³/mol. The third-order valence-electron chi connectivity index (χ3n) is 2.65. The summed E-state index contributed by atoms with van der Waals surface area (Å²) in [4.78, 5) is 29.4. The van der Waals surface area contributed by atoms with Crippen LogP contribution in [0.25, 0.3) is 0 Å². The standard InChI is InChI=1S/C13H21N3O2S/c1-9(2)16(10(3)4)11(17)5-6-14-12(18)13-15-7-8-19-13/h7-10H,5-6H2,1-4H3,(H,14,18). The fourth-order valence-electron chi connectivity index (χ4n) is 2.00. The number of carbonyl (C=O) groups is 2. The summed E-state index contributed by atoms with van der Waals surface area (Å²) < 4.78 is 0. The molecule has 0 saturated carbocycles. The molecule has 1 N–H and O–H groups in total. The summed E-state index contributed by atoms with van der Waals surface area (Å²) in [6.07, 6.45) is 1.90. The number of rotatable bonds is 6. The zero-order chi connectivity index (χ0) is 14.4. The molecule has 0 bridgehead atoms. The van der Waals surface area contributed by atoms with Crippen LogP contribution in [-0.2, 0) is 4.79 Å². The van der Waals surface area contributed by atoms with Crippen molar-refractivity contribution in [1.29, 1.82) is 0 Å². The molecule has 19 heavy (non-hydrogen) atoms. The number of nitrogens with one attached hydrogen (secondary N) is 1. The molecule has 0 unspecified atom stereocenters. The lowest BCUT2D eigenvalue weighted by Gasteiger charge is -2.30. The summed E-state index contributed by atoms with van der Waals surface area (Å²) in [5, 5.41) is 4.89. The second-order valence-corrected chi connectivity index (χ2v) is 5.73. The topological polar surface area (TPSA) is 62.3 Å². The van der Waals surface area contributed by atoms with E-state index in [1.54, 1.807) is 11.6 Å². The van der Waals surface area contributed by atoms with Crippen LogP contribution in [-0.4, -0.2) is 40.3 Å². The zero-order valence-corrected chi connectivity index (χ0v) is 12.7. The van der Waals surface area contributed by atoms with Crippen LogP contribution < -0.4 is 5.32 Å². The number of aromatic nitrogens is 1. The van der Waals surface area contributed by atoms with Crippen LogP contribution in [0.2, 0.25) is 0 Å². The van der Waals surface area contributed by atoms with Crippen LogP contribution in [0.3, 0.4) is 0 Å². The van der Waals surface area contributed by atoms with E-state index in [0.717, 1.165) is 0 Å². The van der Waals surface area contributed by atoms with Crippen LogP contribution in [0, 0.1) is 0 Å². The first-order chi connectivity index (χ1) is 8.93. The Morgan fingerprint density at radius 2 is 1.95 bits per heavy atom. The Balaban J connectivity index is 2.40. The molecule has 0 atom stereocenters. The minimum atomic E-state index is -0.219. The lowest BCUT2D eigenvalue weighted by atomic mass is 10.2. The lowest BCUT2D eigenvalue weighted by molar-refractivity contribution is -0.134. The number of thiazole rings is 1. The van der Waals surface area contributed by atoms with Crippen LogP contribution in [0.5, 0.6) is 0 Å². The molecule has 0 aliphatic rings. The average Bonchev–Trinajstić information content (AvgIpc) is 2.80. The maximum atomic E-state index is 12.1. The first kappa shape index (κ1) is 15.6. The van der Waals surface area contributed by atoms with Gasteiger partial charge in [-0.1, -0.05) is 0 Å². The fourth-order valence-corrected chi connectivity index (χ4v) is 2.55. The second kappa shape index (κ2) is 7.23. The first-order valence-corrected chi connectivity index (χ1v) is 7.30. The van der Waals surface area contributed by atoms with Crippen molar-refractivity contribution in [2.75, 3.05) is 6.54 Å². The Hall–Kier alpha value is -1.43. The van der Waals surface area contributed by atoms with Gasteiger partial charge in [-0.25, -0.2) is 4.98 Å². The maximum Gasteiger partial charge on any atom is 0.280 e. The Labute approximate surface area is 118 Å². The molecular formula is C13H21N3O2S. The number of hydrogen-bond donors (Lipinski definition) is 1. The van der Waals surface area contributed by atoms with E-state index in [2.05, 4.69) is 10.3 Å². The van der Waals surface area contributed by atoms with Crippen molar-refractivity contribution in [1.82, 2.24) is 15.2 Å². The van der Waals surface area contributed by atoms with Crippen molar-refractivity contribution in [3.05, 3.63) is 16.6 Å². The van der Waals surface area contributed by atoms with Gasteiger partial charge in [-0.2, -0.15) is 0 Å². The summed E-state index contributed by atoms with van der Waals surface area (Å²) in [7, 11) is 0. The summed E-state index contributed by atoms with van der Waals surface area (Å²) >= 11 is 1.29. The van der Waals surface area contributed by atoms with Gasteiger partial charge in [0, 0.05) is 36.6 Å². The molecule has 0 aliphatic heterocycles. The Morgan fingerprint density at radius 3 is 2.42 bits per heavy atom. The van der Waals surface area contributed by atoms with Crippen molar-refractivity contribution in [2.45, 2.75) is 46.2 Å². The monoisotopic (exact) mass is 283 g/mol. The van der Waals surface area contributed by atoms with Gasteiger partial charge in [-0.3, -0.25) is 9.59 Å². The molecule has 6 heteroatoms. The molecule has 1 rings (SSSR count).